The van der Waals surface area contributed by atoms with Gasteiger partial charge in [0.25, 0.3) is 0 Å². The van der Waals surface area contributed by atoms with Gasteiger partial charge in [-0.15, -0.1) is 0 Å². The number of cyclic esters (lactones) is 1. The van der Waals surface area contributed by atoms with Crippen LogP contribution in [0.25, 0.3) is 0 Å². The molecule has 1 amide bonds. The summed E-state index contributed by atoms with van der Waals surface area (Å²) in [6.45, 7) is -1.60. The third kappa shape index (κ3) is 5.06. The maximum atomic E-state index is 14.1. The van der Waals surface area contributed by atoms with Gasteiger partial charge < -0.3 is 18.8 Å². The average molecular weight is 487 g/mol. The molecule has 2 aliphatic heterocycles. The number of nitrogens with zero attached hydrogens (tertiary/aromatic N) is 3. The molecule has 2 aliphatic rings. The third-order valence-corrected chi connectivity index (χ3v) is 6.12. The van der Waals surface area contributed by atoms with Gasteiger partial charge in [0.15, 0.2) is 0 Å². The van der Waals surface area contributed by atoms with Crippen molar-refractivity contribution in [3.63, 3.8) is 0 Å². The summed E-state index contributed by atoms with van der Waals surface area (Å²) >= 11 is 0. The van der Waals surface area contributed by atoms with Crippen molar-refractivity contribution in [2.75, 3.05) is 18.1 Å². The predicted octanol–water partition coefficient (Wildman–Crippen LogP) is 4.90. The van der Waals surface area contributed by atoms with Crippen LogP contribution in [0.4, 0.5) is 23.7 Å². The van der Waals surface area contributed by atoms with E-state index in [-0.39, 0.29) is 25.2 Å². The number of para-hydroxylation sites is 1. The van der Waals surface area contributed by atoms with Gasteiger partial charge in [0, 0.05) is 36.7 Å². The summed E-state index contributed by atoms with van der Waals surface area (Å²) in [6.07, 6.45) is -0.547. The number of halogens is 3. The monoisotopic (exact) mass is 487 g/mol. The number of rotatable bonds is 8. The first kappa shape index (κ1) is 23.1. The van der Waals surface area contributed by atoms with Crippen molar-refractivity contribution in [1.29, 1.82) is 0 Å². The zero-order valence-electron chi connectivity index (χ0n) is 18.8. The molecule has 5 rings (SSSR count). The number of amides is 1. The highest BCUT2D eigenvalue weighted by molar-refractivity contribution is 5.89. The zero-order valence-corrected chi connectivity index (χ0v) is 18.8. The van der Waals surface area contributed by atoms with Gasteiger partial charge in [-0.05, 0) is 24.6 Å². The molecule has 184 valence electrons. The first-order chi connectivity index (χ1) is 17.0. The quantitative estimate of drug-likeness (QED) is 0.453. The molecule has 35 heavy (non-hydrogen) atoms. The Bertz CT molecular complexity index is 1220. The van der Waals surface area contributed by atoms with Crippen LogP contribution in [0.2, 0.25) is 0 Å². The average Bonchev–Trinajstić information content (AvgIpc) is 3.41. The lowest BCUT2D eigenvalue weighted by atomic mass is 10.1. The summed E-state index contributed by atoms with van der Waals surface area (Å²) in [6, 6.07) is 13.7. The predicted molar refractivity (Wildman–Crippen MR) is 121 cm³/mol. The van der Waals surface area contributed by atoms with E-state index in [1.807, 2.05) is 4.57 Å². The molecule has 10 heteroatoms. The van der Waals surface area contributed by atoms with E-state index in [9.17, 15) is 18.0 Å². The van der Waals surface area contributed by atoms with E-state index in [0.29, 0.717) is 54.6 Å². The van der Waals surface area contributed by atoms with Crippen LogP contribution in [-0.4, -0.2) is 41.6 Å². The number of benzene rings is 2. The number of carbonyl (C=O) groups excluding carboxylic acids is 1. The summed E-state index contributed by atoms with van der Waals surface area (Å²) in [7, 11) is 0. The van der Waals surface area contributed by atoms with E-state index in [1.54, 1.807) is 42.5 Å². The smallest absolute Gasteiger partial charge is 0.414 e. The molecule has 1 saturated heterocycles. The number of ether oxygens (including phenoxy) is 3. The lowest BCUT2D eigenvalue weighted by molar-refractivity contribution is -0.0504. The van der Waals surface area contributed by atoms with Crippen LogP contribution in [0.1, 0.15) is 29.2 Å². The van der Waals surface area contributed by atoms with Crippen LogP contribution < -0.4 is 14.4 Å². The van der Waals surface area contributed by atoms with Gasteiger partial charge in [-0.25, -0.2) is 14.2 Å². The number of fused-ring (bicyclic) bond motifs is 1. The Morgan fingerprint density at radius 3 is 2.80 bits per heavy atom. The Balaban J connectivity index is 1.41. The summed E-state index contributed by atoms with van der Waals surface area (Å²) in [4.78, 5) is 18.0. The van der Waals surface area contributed by atoms with Crippen molar-refractivity contribution >= 4 is 11.8 Å². The molecule has 0 spiro atoms. The molecule has 2 aromatic carbocycles. The topological polar surface area (TPSA) is 65.8 Å². The molecule has 1 fully saturated rings. The normalized spacial score (nSPS) is 17.4. The molecule has 0 radical (unpaired) electrons. The molecule has 3 heterocycles. The van der Waals surface area contributed by atoms with Crippen molar-refractivity contribution < 1.29 is 32.2 Å². The fourth-order valence-corrected chi connectivity index (χ4v) is 4.46. The number of hydrogen-bond donors (Lipinski definition) is 0. The highest BCUT2D eigenvalue weighted by Crippen LogP contribution is 2.30. The van der Waals surface area contributed by atoms with Gasteiger partial charge in [-0.1, -0.05) is 24.3 Å². The molecule has 1 unspecified atom stereocenters. The Kier molecular flexibility index (Phi) is 6.52. The molecule has 0 saturated carbocycles. The second-order valence-corrected chi connectivity index (χ2v) is 8.38. The fourth-order valence-electron chi connectivity index (χ4n) is 4.46. The summed E-state index contributed by atoms with van der Waals surface area (Å²) in [5.41, 5.74) is 2.62. The molecular weight excluding hydrogens is 463 g/mol. The van der Waals surface area contributed by atoms with E-state index in [1.165, 1.54) is 11.0 Å². The number of alkyl halides is 3. The Hall–Kier alpha value is -3.69. The highest BCUT2D eigenvalue weighted by atomic mass is 19.3. The molecule has 1 atom stereocenters. The fraction of sp³-hybridized carbons (Fsp3) is 0.360. The first-order valence-corrected chi connectivity index (χ1v) is 11.4. The number of carbonyl (C=O) groups is 1. The molecule has 1 aromatic heterocycles. The van der Waals surface area contributed by atoms with Crippen LogP contribution >= 0.6 is 0 Å². The van der Waals surface area contributed by atoms with Crippen LogP contribution in [-0.2, 0) is 30.7 Å². The minimum Gasteiger partial charge on any atom is -0.487 e. The SMILES string of the molecule is O=C1OCCN1c1cccc(OCc2nc3n(c2Cc2ccccc2OC(F)F)CCC(F)C3)c1. The minimum atomic E-state index is -2.94. The molecule has 7 nitrogen and oxygen atoms in total. The largest absolute Gasteiger partial charge is 0.487 e. The van der Waals surface area contributed by atoms with Gasteiger partial charge >= 0.3 is 12.7 Å². The van der Waals surface area contributed by atoms with Crippen molar-refractivity contribution in [3.05, 3.63) is 71.3 Å². The van der Waals surface area contributed by atoms with Crippen molar-refractivity contribution in [3.8, 4) is 11.5 Å². The maximum absolute atomic E-state index is 14.1. The first-order valence-electron chi connectivity index (χ1n) is 11.4. The van der Waals surface area contributed by atoms with Crippen molar-refractivity contribution in [1.82, 2.24) is 9.55 Å². The summed E-state index contributed by atoms with van der Waals surface area (Å²) in [5, 5.41) is 0. The van der Waals surface area contributed by atoms with Crippen LogP contribution in [0.3, 0.4) is 0 Å². The minimum absolute atomic E-state index is 0.0919. The molecule has 0 bridgehead atoms. The van der Waals surface area contributed by atoms with Gasteiger partial charge in [0.1, 0.15) is 36.7 Å². The van der Waals surface area contributed by atoms with E-state index in [0.717, 1.165) is 5.69 Å². The second kappa shape index (κ2) is 9.89. The molecule has 0 N–H and O–H groups in total. The van der Waals surface area contributed by atoms with Crippen molar-refractivity contribution in [2.24, 2.45) is 0 Å². The van der Waals surface area contributed by atoms with Gasteiger partial charge in [-0.2, -0.15) is 8.78 Å². The van der Waals surface area contributed by atoms with Crippen LogP contribution in [0, 0.1) is 0 Å². The summed E-state index contributed by atoms with van der Waals surface area (Å²) in [5.74, 6) is 1.23. The van der Waals surface area contributed by atoms with Gasteiger partial charge in [0.2, 0.25) is 0 Å². The second-order valence-electron chi connectivity index (χ2n) is 8.38. The lowest BCUT2D eigenvalue weighted by Crippen LogP contribution is -2.23. The maximum Gasteiger partial charge on any atom is 0.414 e. The number of imidazole rings is 1. The Morgan fingerprint density at radius 2 is 2.00 bits per heavy atom. The molecule has 3 aromatic rings. The standard InChI is InChI=1S/C25H24F3N3O4/c26-17-8-9-31-21(12-16-4-1-2-7-22(16)35-24(27)28)20(29-23(31)13-17)15-34-19-6-3-5-18(14-19)30-10-11-33-25(30)32/h1-7,14,17,24H,8-13,15H2. The zero-order chi connectivity index (χ0) is 24.4. The number of aromatic nitrogens is 2. The lowest BCUT2D eigenvalue weighted by Gasteiger charge is -2.20. The van der Waals surface area contributed by atoms with Gasteiger partial charge in [0.05, 0.1) is 17.9 Å². The Morgan fingerprint density at radius 1 is 1.14 bits per heavy atom. The molecule has 0 aliphatic carbocycles. The van der Waals surface area contributed by atoms with Crippen molar-refractivity contribution in [2.45, 2.75) is 45.2 Å². The van der Waals surface area contributed by atoms with E-state index >= 15 is 0 Å². The number of hydrogen-bond acceptors (Lipinski definition) is 5. The van der Waals surface area contributed by atoms with E-state index in [4.69, 9.17) is 14.2 Å². The van der Waals surface area contributed by atoms with Crippen LogP contribution in [0.15, 0.2) is 48.5 Å². The van der Waals surface area contributed by atoms with Crippen LogP contribution in [0.5, 0.6) is 11.5 Å². The van der Waals surface area contributed by atoms with E-state index < -0.39 is 18.9 Å². The highest BCUT2D eigenvalue weighted by Gasteiger charge is 2.27. The Labute approximate surface area is 200 Å². The van der Waals surface area contributed by atoms with Gasteiger partial charge in [-0.3, -0.25) is 4.90 Å². The number of anilines is 1. The summed E-state index contributed by atoms with van der Waals surface area (Å²) < 4.78 is 57.6. The molecular formula is C25H24F3N3O4. The third-order valence-electron chi connectivity index (χ3n) is 6.12. The van der Waals surface area contributed by atoms with E-state index in [2.05, 4.69) is 4.98 Å².